The molecule has 1 amide bonds. The van der Waals surface area contributed by atoms with Crippen molar-refractivity contribution in [3.8, 4) is 0 Å². The van der Waals surface area contributed by atoms with E-state index in [9.17, 15) is 9.59 Å². The van der Waals surface area contributed by atoms with Gasteiger partial charge in [0.15, 0.2) is 0 Å². The summed E-state index contributed by atoms with van der Waals surface area (Å²) in [5.41, 5.74) is 1.71. The normalized spacial score (nSPS) is 25.7. The number of likely N-dealkylation sites (tertiary alicyclic amines) is 1. The lowest BCUT2D eigenvalue weighted by Crippen LogP contribution is -2.60. The summed E-state index contributed by atoms with van der Waals surface area (Å²) in [5, 5.41) is 3.07. The van der Waals surface area contributed by atoms with Crippen LogP contribution in [0.1, 0.15) is 17.0 Å². The Balaban J connectivity index is 1.68. The summed E-state index contributed by atoms with van der Waals surface area (Å²) in [7, 11) is 3.33. The van der Waals surface area contributed by atoms with E-state index in [2.05, 4.69) is 10.3 Å². The number of aromatic nitrogens is 2. The first-order valence-corrected chi connectivity index (χ1v) is 11.7. The molecule has 1 fully saturated rings. The molecule has 0 unspecified atom stereocenters. The number of nitrogens with one attached hydrogen (secondary N) is 1. The average Bonchev–Trinajstić information content (AvgIpc) is 3.52. The molecular weight excluding hydrogens is 440 g/mol. The number of para-hydroxylation sites is 3. The molecule has 4 aromatic rings. The lowest BCUT2D eigenvalue weighted by molar-refractivity contribution is -0.165. The summed E-state index contributed by atoms with van der Waals surface area (Å²) in [4.78, 5) is 34.9. The van der Waals surface area contributed by atoms with E-state index in [4.69, 9.17) is 4.74 Å². The Morgan fingerprint density at radius 1 is 1.06 bits per heavy atom. The fourth-order valence-corrected chi connectivity index (χ4v) is 6.47. The van der Waals surface area contributed by atoms with Gasteiger partial charge in [-0.1, -0.05) is 60.7 Å². The maximum absolute atomic E-state index is 14.2. The fraction of sp³-hybridized carbons (Fsp3) is 0.250. The van der Waals surface area contributed by atoms with Crippen molar-refractivity contribution in [1.82, 2.24) is 14.5 Å². The molecule has 7 nitrogen and oxygen atoms in total. The van der Waals surface area contributed by atoms with Gasteiger partial charge in [0.1, 0.15) is 11.0 Å². The van der Waals surface area contributed by atoms with Crippen LogP contribution in [-0.4, -0.2) is 47.0 Å². The van der Waals surface area contributed by atoms with Gasteiger partial charge in [-0.2, -0.15) is 0 Å². The maximum atomic E-state index is 14.2. The van der Waals surface area contributed by atoms with Crippen LogP contribution >= 0.6 is 0 Å². The second-order valence-electron chi connectivity index (χ2n) is 9.38. The van der Waals surface area contributed by atoms with Gasteiger partial charge in [0.05, 0.1) is 24.5 Å². The fourth-order valence-electron chi connectivity index (χ4n) is 6.47. The van der Waals surface area contributed by atoms with Crippen LogP contribution in [-0.2, 0) is 26.4 Å². The second kappa shape index (κ2) is 7.78. The summed E-state index contributed by atoms with van der Waals surface area (Å²) < 4.78 is 7.55. The Bertz CT molecular complexity index is 1450. The molecule has 0 radical (unpaired) electrons. The van der Waals surface area contributed by atoms with Gasteiger partial charge in [0.2, 0.25) is 0 Å². The third-order valence-corrected chi connectivity index (χ3v) is 7.86. The molecule has 3 atom stereocenters. The number of amides is 1. The average molecular weight is 467 g/mol. The summed E-state index contributed by atoms with van der Waals surface area (Å²) in [5.74, 6) is -0.936. The SMILES string of the molecule is COC(=O)[C@@]1(Cn2cnc3ccccc32)[C@H](c2ccccc2)CN(C)[C@]12C(=O)Nc1ccccc12. The summed E-state index contributed by atoms with van der Waals surface area (Å²) in [6.45, 7) is 0.735. The number of ether oxygens (including phenoxy) is 1. The molecule has 176 valence electrons. The third-order valence-electron chi connectivity index (χ3n) is 7.86. The molecule has 3 heterocycles. The number of imidazole rings is 1. The van der Waals surface area contributed by atoms with Gasteiger partial charge >= 0.3 is 5.97 Å². The van der Waals surface area contributed by atoms with Crippen LogP contribution in [0.4, 0.5) is 5.69 Å². The molecule has 2 aliphatic rings. The first-order valence-electron chi connectivity index (χ1n) is 11.7. The minimum Gasteiger partial charge on any atom is -0.468 e. The van der Waals surface area contributed by atoms with E-state index in [1.165, 1.54) is 7.11 Å². The standard InChI is InChI=1S/C28H26N4O3/c1-31-16-21(19-10-4-3-5-11-19)27(26(34)35-2,17-32-18-29-23-14-8-9-15-24(23)32)28(31)20-12-6-7-13-22(20)30-25(28)33/h3-15,18,21H,16-17H2,1-2H3,(H,30,33)/t21-,27+,28+/m0/s1. The minimum atomic E-state index is -1.27. The smallest absolute Gasteiger partial charge is 0.317 e. The zero-order valence-electron chi connectivity index (χ0n) is 19.6. The van der Waals surface area contributed by atoms with Crippen LogP contribution < -0.4 is 5.32 Å². The Morgan fingerprint density at radius 3 is 2.57 bits per heavy atom. The quantitative estimate of drug-likeness (QED) is 0.464. The second-order valence-corrected chi connectivity index (χ2v) is 9.38. The van der Waals surface area contributed by atoms with Gasteiger partial charge in [-0.15, -0.1) is 0 Å². The Labute approximate surface area is 203 Å². The highest BCUT2D eigenvalue weighted by Gasteiger charge is 2.74. The van der Waals surface area contributed by atoms with Crippen LogP contribution in [0.25, 0.3) is 11.0 Å². The van der Waals surface area contributed by atoms with Crippen molar-refractivity contribution in [3.05, 3.63) is 96.3 Å². The highest BCUT2D eigenvalue weighted by Crippen LogP contribution is 2.63. The van der Waals surface area contributed by atoms with Crippen LogP contribution in [0.2, 0.25) is 0 Å². The molecule has 2 aliphatic heterocycles. The van der Waals surface area contributed by atoms with Gasteiger partial charge in [-0.25, -0.2) is 4.98 Å². The number of likely N-dealkylation sites (N-methyl/N-ethyl adjacent to an activating group) is 1. The third kappa shape index (κ3) is 2.73. The molecule has 3 aromatic carbocycles. The van der Waals surface area contributed by atoms with E-state index >= 15 is 0 Å². The number of fused-ring (bicyclic) bond motifs is 3. The lowest BCUT2D eigenvalue weighted by atomic mass is 9.60. The van der Waals surface area contributed by atoms with Gasteiger partial charge in [0, 0.05) is 30.3 Å². The van der Waals surface area contributed by atoms with Crippen molar-refractivity contribution in [2.24, 2.45) is 5.41 Å². The number of anilines is 1. The van der Waals surface area contributed by atoms with E-state index < -0.39 is 16.9 Å². The van der Waals surface area contributed by atoms with Crippen LogP contribution in [0.15, 0.2) is 85.2 Å². The highest BCUT2D eigenvalue weighted by molar-refractivity contribution is 6.10. The largest absolute Gasteiger partial charge is 0.468 e. The Hall–Kier alpha value is -3.97. The number of carbonyl (C=O) groups excluding carboxylic acids is 2. The molecule has 1 spiro atoms. The molecule has 1 saturated heterocycles. The number of hydrogen-bond donors (Lipinski definition) is 1. The number of esters is 1. The van der Waals surface area contributed by atoms with E-state index in [0.717, 1.165) is 27.8 Å². The molecule has 0 bridgehead atoms. The van der Waals surface area contributed by atoms with Crippen molar-refractivity contribution in [2.45, 2.75) is 18.0 Å². The molecule has 6 rings (SSSR count). The Kier molecular flexibility index (Phi) is 4.79. The Morgan fingerprint density at radius 2 is 1.77 bits per heavy atom. The zero-order chi connectivity index (χ0) is 24.2. The molecule has 1 aromatic heterocycles. The van der Waals surface area contributed by atoms with Crippen LogP contribution in [0, 0.1) is 5.41 Å². The van der Waals surface area contributed by atoms with Crippen molar-refractivity contribution < 1.29 is 14.3 Å². The summed E-state index contributed by atoms with van der Waals surface area (Å²) >= 11 is 0. The topological polar surface area (TPSA) is 76.5 Å². The molecule has 7 heteroatoms. The summed E-state index contributed by atoms with van der Waals surface area (Å²) in [6.07, 6.45) is 1.75. The number of methoxy groups -OCH3 is 1. The maximum Gasteiger partial charge on any atom is 0.317 e. The number of hydrogen-bond acceptors (Lipinski definition) is 5. The molecule has 1 N–H and O–H groups in total. The number of carbonyl (C=O) groups is 2. The predicted octanol–water partition coefficient (Wildman–Crippen LogP) is 3.77. The van der Waals surface area contributed by atoms with E-state index in [1.807, 2.05) is 95.4 Å². The highest BCUT2D eigenvalue weighted by atomic mass is 16.5. The van der Waals surface area contributed by atoms with Gasteiger partial charge < -0.3 is 14.6 Å². The van der Waals surface area contributed by atoms with Crippen molar-refractivity contribution >= 4 is 28.6 Å². The number of rotatable bonds is 4. The van der Waals surface area contributed by atoms with Crippen molar-refractivity contribution in [1.29, 1.82) is 0 Å². The monoisotopic (exact) mass is 466 g/mol. The molecular formula is C28H26N4O3. The zero-order valence-corrected chi connectivity index (χ0v) is 19.6. The van der Waals surface area contributed by atoms with Gasteiger partial charge in [-0.05, 0) is 30.8 Å². The van der Waals surface area contributed by atoms with Crippen molar-refractivity contribution in [3.63, 3.8) is 0 Å². The number of nitrogens with zero attached hydrogens (tertiary/aromatic N) is 3. The lowest BCUT2D eigenvalue weighted by Gasteiger charge is -2.45. The van der Waals surface area contributed by atoms with E-state index in [1.54, 1.807) is 6.33 Å². The van der Waals surface area contributed by atoms with Crippen LogP contribution in [0.3, 0.4) is 0 Å². The van der Waals surface area contributed by atoms with Crippen LogP contribution in [0.5, 0.6) is 0 Å². The predicted molar refractivity (Wildman–Crippen MR) is 133 cm³/mol. The summed E-state index contributed by atoms with van der Waals surface area (Å²) in [6, 6.07) is 25.4. The first-order chi connectivity index (χ1) is 17.0. The molecule has 0 aliphatic carbocycles. The molecule has 0 saturated carbocycles. The van der Waals surface area contributed by atoms with Gasteiger partial charge in [-0.3, -0.25) is 14.5 Å². The first kappa shape index (κ1) is 21.6. The van der Waals surface area contributed by atoms with E-state index in [0.29, 0.717) is 6.54 Å². The number of benzene rings is 3. The van der Waals surface area contributed by atoms with E-state index in [-0.39, 0.29) is 18.4 Å². The minimum absolute atomic E-state index is 0.213. The molecule has 35 heavy (non-hydrogen) atoms. The van der Waals surface area contributed by atoms with Crippen molar-refractivity contribution in [2.75, 3.05) is 26.0 Å². The van der Waals surface area contributed by atoms with Gasteiger partial charge in [0.25, 0.3) is 5.91 Å².